The molecule has 0 saturated heterocycles. The minimum absolute atomic E-state index is 0.624. The summed E-state index contributed by atoms with van der Waals surface area (Å²) in [4.78, 5) is 0. The molecule has 1 N–H and O–H groups in total. The molecule has 0 radical (unpaired) electrons. The predicted octanol–water partition coefficient (Wildman–Crippen LogP) is 2.27. The van der Waals surface area contributed by atoms with Crippen molar-refractivity contribution in [1.29, 1.82) is 0 Å². The monoisotopic (exact) mass is 260 g/mol. The first kappa shape index (κ1) is 13.6. The number of benzene rings is 1. The molecule has 1 heterocycles. The highest BCUT2D eigenvalue weighted by Crippen LogP contribution is 2.33. The summed E-state index contributed by atoms with van der Waals surface area (Å²) in [6, 6.07) is 7.59. The molecule has 2 rings (SSSR count). The van der Waals surface area contributed by atoms with Crippen LogP contribution < -0.4 is 4.74 Å². The molecule has 0 aliphatic heterocycles. The zero-order valence-corrected chi connectivity index (χ0v) is 11.6. The molecule has 0 saturated carbocycles. The van der Waals surface area contributed by atoms with Crippen LogP contribution >= 0.6 is 0 Å². The van der Waals surface area contributed by atoms with Gasteiger partial charge in [-0.15, -0.1) is 0 Å². The van der Waals surface area contributed by atoms with Gasteiger partial charge in [-0.2, -0.15) is 5.10 Å². The van der Waals surface area contributed by atoms with E-state index in [-0.39, 0.29) is 0 Å². The maximum atomic E-state index is 10.7. The third-order valence-corrected chi connectivity index (χ3v) is 3.35. The van der Waals surface area contributed by atoms with Gasteiger partial charge in [0.25, 0.3) is 0 Å². The molecule has 1 atom stereocenters. The molecule has 0 spiro atoms. The Morgan fingerprint density at radius 2 is 2.11 bits per heavy atom. The molecular weight excluding hydrogens is 240 g/mol. The number of aliphatic hydroxyl groups is 1. The fourth-order valence-corrected chi connectivity index (χ4v) is 2.21. The van der Waals surface area contributed by atoms with Crippen molar-refractivity contribution in [2.45, 2.75) is 25.4 Å². The summed E-state index contributed by atoms with van der Waals surface area (Å²) in [5.41, 5.74) is 1.03. The van der Waals surface area contributed by atoms with Crippen molar-refractivity contribution in [3.63, 3.8) is 0 Å². The SMILES string of the molecule is COc1ccccc1C(C)(O)CCc1cnn(C)c1. The number of aromatic nitrogens is 2. The van der Waals surface area contributed by atoms with Crippen LogP contribution in [0.25, 0.3) is 0 Å². The number of para-hydroxylation sites is 1. The largest absolute Gasteiger partial charge is 0.496 e. The van der Waals surface area contributed by atoms with Crippen LogP contribution in [0.5, 0.6) is 5.75 Å². The van der Waals surface area contributed by atoms with Gasteiger partial charge in [-0.25, -0.2) is 0 Å². The molecular formula is C15H20N2O2. The van der Waals surface area contributed by atoms with E-state index in [0.717, 1.165) is 23.3 Å². The molecule has 4 heteroatoms. The van der Waals surface area contributed by atoms with Gasteiger partial charge in [-0.3, -0.25) is 4.68 Å². The summed E-state index contributed by atoms with van der Waals surface area (Å²) in [6.45, 7) is 1.82. The van der Waals surface area contributed by atoms with Crippen LogP contribution in [0.3, 0.4) is 0 Å². The van der Waals surface area contributed by atoms with Gasteiger partial charge in [0.05, 0.1) is 18.9 Å². The molecule has 0 bridgehead atoms. The maximum Gasteiger partial charge on any atom is 0.124 e. The van der Waals surface area contributed by atoms with E-state index in [2.05, 4.69) is 5.10 Å². The molecule has 0 aliphatic rings. The normalized spacial score (nSPS) is 14.1. The summed E-state index contributed by atoms with van der Waals surface area (Å²) in [5.74, 6) is 0.721. The quantitative estimate of drug-likeness (QED) is 0.897. The van der Waals surface area contributed by atoms with E-state index in [1.807, 2.05) is 50.6 Å². The van der Waals surface area contributed by atoms with Crippen LogP contribution in [-0.2, 0) is 19.1 Å². The first-order chi connectivity index (χ1) is 9.03. The summed E-state index contributed by atoms with van der Waals surface area (Å²) >= 11 is 0. The van der Waals surface area contributed by atoms with Crippen molar-refractivity contribution in [3.05, 3.63) is 47.8 Å². The van der Waals surface area contributed by atoms with Gasteiger partial charge in [0.15, 0.2) is 0 Å². The number of rotatable bonds is 5. The van der Waals surface area contributed by atoms with Crippen LogP contribution in [0, 0.1) is 0 Å². The lowest BCUT2D eigenvalue weighted by Crippen LogP contribution is -2.22. The van der Waals surface area contributed by atoms with Crippen molar-refractivity contribution in [2.75, 3.05) is 7.11 Å². The molecule has 102 valence electrons. The summed E-state index contributed by atoms with van der Waals surface area (Å²) in [6.07, 6.45) is 5.20. The minimum atomic E-state index is -0.914. The summed E-state index contributed by atoms with van der Waals surface area (Å²) < 4.78 is 7.08. The molecule has 0 amide bonds. The predicted molar refractivity (Wildman–Crippen MR) is 74.1 cm³/mol. The topological polar surface area (TPSA) is 47.3 Å². The average Bonchev–Trinajstić information content (AvgIpc) is 2.82. The van der Waals surface area contributed by atoms with Gasteiger partial charge >= 0.3 is 0 Å². The minimum Gasteiger partial charge on any atom is -0.496 e. The number of ether oxygens (including phenoxy) is 1. The third-order valence-electron chi connectivity index (χ3n) is 3.35. The van der Waals surface area contributed by atoms with Gasteiger partial charge in [0.1, 0.15) is 5.75 Å². The summed E-state index contributed by atoms with van der Waals surface area (Å²) in [5, 5.41) is 14.8. The van der Waals surface area contributed by atoms with E-state index < -0.39 is 5.60 Å². The van der Waals surface area contributed by atoms with Crippen LogP contribution in [0.15, 0.2) is 36.7 Å². The first-order valence-electron chi connectivity index (χ1n) is 6.36. The van der Waals surface area contributed by atoms with E-state index in [0.29, 0.717) is 6.42 Å². The lowest BCUT2D eigenvalue weighted by molar-refractivity contribution is 0.0455. The first-order valence-corrected chi connectivity index (χ1v) is 6.36. The Morgan fingerprint density at radius 3 is 2.74 bits per heavy atom. The third kappa shape index (κ3) is 3.15. The Hall–Kier alpha value is -1.81. The second-order valence-electron chi connectivity index (χ2n) is 5.00. The second kappa shape index (κ2) is 5.45. The van der Waals surface area contributed by atoms with Crippen molar-refractivity contribution < 1.29 is 9.84 Å². The molecule has 1 unspecified atom stereocenters. The molecule has 1 aromatic carbocycles. The fraction of sp³-hybridized carbons (Fsp3) is 0.400. The van der Waals surface area contributed by atoms with Crippen molar-refractivity contribution in [3.8, 4) is 5.75 Å². The van der Waals surface area contributed by atoms with E-state index in [9.17, 15) is 5.11 Å². The van der Waals surface area contributed by atoms with Gasteiger partial charge in [-0.05, 0) is 31.4 Å². The Kier molecular flexibility index (Phi) is 3.90. The lowest BCUT2D eigenvalue weighted by atomic mass is 9.89. The summed E-state index contributed by atoms with van der Waals surface area (Å²) in [7, 11) is 3.51. The highest BCUT2D eigenvalue weighted by atomic mass is 16.5. The lowest BCUT2D eigenvalue weighted by Gasteiger charge is -2.25. The van der Waals surface area contributed by atoms with Crippen LogP contribution in [-0.4, -0.2) is 22.0 Å². The average molecular weight is 260 g/mol. The Bertz CT molecular complexity index is 547. The number of nitrogens with zero attached hydrogens (tertiary/aromatic N) is 2. The van der Waals surface area contributed by atoms with Crippen LogP contribution in [0.4, 0.5) is 0 Å². The van der Waals surface area contributed by atoms with E-state index in [1.54, 1.807) is 11.8 Å². The fourth-order valence-electron chi connectivity index (χ4n) is 2.21. The zero-order valence-electron chi connectivity index (χ0n) is 11.6. The Balaban J connectivity index is 2.13. The van der Waals surface area contributed by atoms with Crippen molar-refractivity contribution in [2.24, 2.45) is 7.05 Å². The molecule has 0 fully saturated rings. The highest BCUT2D eigenvalue weighted by Gasteiger charge is 2.26. The van der Waals surface area contributed by atoms with Gasteiger partial charge in [-0.1, -0.05) is 18.2 Å². The molecule has 1 aromatic heterocycles. The standard InChI is InChI=1S/C15H20N2O2/c1-15(18,9-8-12-10-16-17(2)11-12)13-6-4-5-7-14(13)19-3/h4-7,10-11,18H,8-9H2,1-3H3. The van der Waals surface area contributed by atoms with Gasteiger partial charge in [0.2, 0.25) is 0 Å². The van der Waals surface area contributed by atoms with Crippen LogP contribution in [0.2, 0.25) is 0 Å². The van der Waals surface area contributed by atoms with Crippen molar-refractivity contribution in [1.82, 2.24) is 9.78 Å². The maximum absolute atomic E-state index is 10.7. The number of methoxy groups -OCH3 is 1. The number of hydrogen-bond acceptors (Lipinski definition) is 3. The highest BCUT2D eigenvalue weighted by molar-refractivity contribution is 5.37. The molecule has 0 aliphatic carbocycles. The Labute approximate surface area is 113 Å². The van der Waals surface area contributed by atoms with E-state index in [1.165, 1.54) is 0 Å². The number of aryl methyl sites for hydroxylation is 2. The molecule has 4 nitrogen and oxygen atoms in total. The second-order valence-corrected chi connectivity index (χ2v) is 5.00. The van der Waals surface area contributed by atoms with Crippen LogP contribution in [0.1, 0.15) is 24.5 Å². The number of hydrogen-bond donors (Lipinski definition) is 1. The van der Waals surface area contributed by atoms with E-state index >= 15 is 0 Å². The molecule has 19 heavy (non-hydrogen) atoms. The smallest absolute Gasteiger partial charge is 0.124 e. The Morgan fingerprint density at radius 1 is 1.37 bits per heavy atom. The molecule has 2 aromatic rings. The zero-order chi connectivity index (χ0) is 13.9. The van der Waals surface area contributed by atoms with Gasteiger partial charge < -0.3 is 9.84 Å². The van der Waals surface area contributed by atoms with E-state index in [4.69, 9.17) is 4.74 Å². The van der Waals surface area contributed by atoms with Gasteiger partial charge in [0, 0.05) is 18.8 Å². The van der Waals surface area contributed by atoms with Crippen molar-refractivity contribution >= 4 is 0 Å².